The van der Waals surface area contributed by atoms with E-state index in [4.69, 9.17) is 4.74 Å². The molecule has 0 bridgehead atoms. The van der Waals surface area contributed by atoms with Crippen molar-refractivity contribution in [3.8, 4) is 11.5 Å². The Balaban J connectivity index is 1.90. The van der Waals surface area contributed by atoms with Crippen LogP contribution in [-0.4, -0.2) is 82.6 Å². The maximum absolute atomic E-state index is 12.3. The van der Waals surface area contributed by atoms with Crippen molar-refractivity contribution in [3.63, 3.8) is 0 Å². The number of methoxy groups -OCH3 is 1. The molecule has 1 fully saturated rings. The van der Waals surface area contributed by atoms with Crippen LogP contribution >= 0.6 is 0 Å². The molecule has 2 N–H and O–H groups in total. The summed E-state index contributed by atoms with van der Waals surface area (Å²) in [7, 11) is 2.28. The largest absolute Gasteiger partial charge is 0.506 e. The first kappa shape index (κ1) is 18.8. The maximum atomic E-state index is 12.3. The van der Waals surface area contributed by atoms with Crippen LogP contribution in [-0.2, 0) is 10.0 Å². The van der Waals surface area contributed by atoms with Crippen molar-refractivity contribution < 1.29 is 22.7 Å². The molecule has 0 radical (unpaired) electrons. The van der Waals surface area contributed by atoms with Crippen molar-refractivity contribution in [1.82, 2.24) is 4.90 Å². The molecule has 1 aromatic carbocycles. The van der Waals surface area contributed by atoms with Gasteiger partial charge in [0.05, 0.1) is 45.2 Å². The summed E-state index contributed by atoms with van der Waals surface area (Å²) in [6.45, 7) is 5.00. The molecule has 136 valence electrons. The van der Waals surface area contributed by atoms with Crippen LogP contribution in [0.25, 0.3) is 0 Å². The van der Waals surface area contributed by atoms with E-state index in [2.05, 4.69) is 23.7 Å². The highest BCUT2D eigenvalue weighted by Gasteiger charge is 2.27. The Hall–Kier alpha value is -1.51. The van der Waals surface area contributed by atoms with Gasteiger partial charge in [-0.1, -0.05) is 0 Å². The van der Waals surface area contributed by atoms with Crippen LogP contribution in [0.2, 0.25) is 0 Å². The predicted octanol–water partition coefficient (Wildman–Crippen LogP) is 0.925. The SMILES string of the molecule is COc1ccc(O)c(NS(=O)(=O)CCC[N+]2(C)CCN(C)CC2)c1. The van der Waals surface area contributed by atoms with Gasteiger partial charge in [-0.15, -0.1) is 0 Å². The minimum atomic E-state index is -3.51. The van der Waals surface area contributed by atoms with Crippen molar-refractivity contribution in [2.24, 2.45) is 0 Å². The number of nitrogens with zero attached hydrogens (tertiary/aromatic N) is 2. The molecule has 0 aliphatic carbocycles. The molecule has 0 aromatic heterocycles. The Morgan fingerprint density at radius 1 is 1.33 bits per heavy atom. The predicted molar refractivity (Wildman–Crippen MR) is 95.0 cm³/mol. The molecule has 1 saturated heterocycles. The molecule has 0 unspecified atom stereocenters. The molecular formula is C16H28N3O4S+. The topological polar surface area (TPSA) is 78.9 Å². The summed E-state index contributed by atoms with van der Waals surface area (Å²) in [5, 5.41) is 9.80. The van der Waals surface area contributed by atoms with Crippen LogP contribution in [0, 0.1) is 0 Å². The van der Waals surface area contributed by atoms with E-state index in [-0.39, 0.29) is 17.2 Å². The number of aromatic hydroxyl groups is 1. The van der Waals surface area contributed by atoms with Gasteiger partial charge < -0.3 is 14.3 Å². The molecular weight excluding hydrogens is 330 g/mol. The number of quaternary nitrogens is 1. The van der Waals surface area contributed by atoms with Crippen LogP contribution < -0.4 is 9.46 Å². The highest BCUT2D eigenvalue weighted by atomic mass is 32.2. The number of benzene rings is 1. The third-order valence-electron chi connectivity index (χ3n) is 4.62. The van der Waals surface area contributed by atoms with E-state index >= 15 is 0 Å². The smallest absolute Gasteiger partial charge is 0.233 e. The Labute approximate surface area is 144 Å². The zero-order valence-corrected chi connectivity index (χ0v) is 15.5. The summed E-state index contributed by atoms with van der Waals surface area (Å²) >= 11 is 0. The van der Waals surface area contributed by atoms with Crippen LogP contribution in [0.15, 0.2) is 18.2 Å². The van der Waals surface area contributed by atoms with Crippen molar-refractivity contribution >= 4 is 15.7 Å². The number of phenolic OH excluding ortho intramolecular Hbond substituents is 1. The standard InChI is InChI=1S/C16H27N3O4S/c1-18-7-10-19(2,11-8-18)9-4-12-24(21,22)17-15-13-14(23-3)5-6-16(15)20/h5-6,13,17H,4,7-12H2,1-3H3/p+1. The van der Waals surface area contributed by atoms with Crippen LogP contribution in [0.3, 0.4) is 0 Å². The molecule has 1 heterocycles. The molecule has 0 amide bonds. The van der Waals surface area contributed by atoms with Crippen molar-refractivity contribution in [3.05, 3.63) is 18.2 Å². The quantitative estimate of drug-likeness (QED) is 0.560. The zero-order chi connectivity index (χ0) is 17.8. The first-order valence-corrected chi connectivity index (χ1v) is 9.78. The first-order valence-electron chi connectivity index (χ1n) is 8.13. The summed E-state index contributed by atoms with van der Waals surface area (Å²) in [4.78, 5) is 2.30. The number of sulfonamides is 1. The van der Waals surface area contributed by atoms with Gasteiger partial charge in [0, 0.05) is 25.6 Å². The Bertz CT molecular complexity index is 655. The fourth-order valence-corrected chi connectivity index (χ4v) is 3.96. The lowest BCUT2D eigenvalue weighted by Crippen LogP contribution is -2.56. The lowest BCUT2D eigenvalue weighted by Gasteiger charge is -2.41. The van der Waals surface area contributed by atoms with Crippen LogP contribution in [0.4, 0.5) is 5.69 Å². The lowest BCUT2D eigenvalue weighted by atomic mass is 10.2. The number of hydrogen-bond donors (Lipinski definition) is 2. The number of piperazine rings is 1. The highest BCUT2D eigenvalue weighted by Crippen LogP contribution is 2.28. The third kappa shape index (κ3) is 5.25. The minimum Gasteiger partial charge on any atom is -0.506 e. The molecule has 24 heavy (non-hydrogen) atoms. The monoisotopic (exact) mass is 358 g/mol. The Kier molecular flexibility index (Phi) is 5.95. The van der Waals surface area contributed by atoms with Gasteiger partial charge in [0.1, 0.15) is 11.5 Å². The minimum absolute atomic E-state index is 0.0350. The van der Waals surface area contributed by atoms with Crippen molar-refractivity contribution in [1.29, 1.82) is 0 Å². The van der Waals surface area contributed by atoms with E-state index in [9.17, 15) is 13.5 Å². The van der Waals surface area contributed by atoms with Gasteiger partial charge in [-0.05, 0) is 19.2 Å². The van der Waals surface area contributed by atoms with E-state index in [0.717, 1.165) is 37.2 Å². The second-order valence-corrected chi connectivity index (χ2v) is 8.59. The fourth-order valence-electron chi connectivity index (χ4n) is 2.85. The number of phenols is 1. The van der Waals surface area contributed by atoms with Gasteiger partial charge in [0.15, 0.2) is 0 Å². The zero-order valence-electron chi connectivity index (χ0n) is 14.7. The molecule has 1 aliphatic rings. The average Bonchev–Trinajstić information content (AvgIpc) is 2.52. The number of ether oxygens (including phenoxy) is 1. The fraction of sp³-hybridized carbons (Fsp3) is 0.625. The Morgan fingerprint density at radius 2 is 2.00 bits per heavy atom. The van der Waals surface area contributed by atoms with Gasteiger partial charge in [-0.25, -0.2) is 8.42 Å². The number of nitrogens with one attached hydrogen (secondary N) is 1. The Morgan fingerprint density at radius 3 is 2.62 bits per heavy atom. The van der Waals surface area contributed by atoms with Gasteiger partial charge in [-0.2, -0.15) is 0 Å². The van der Waals surface area contributed by atoms with Crippen LogP contribution in [0.5, 0.6) is 11.5 Å². The second-order valence-electron chi connectivity index (χ2n) is 6.75. The van der Waals surface area contributed by atoms with Crippen LogP contribution in [0.1, 0.15) is 6.42 Å². The lowest BCUT2D eigenvalue weighted by molar-refractivity contribution is -0.913. The summed E-state index contributed by atoms with van der Waals surface area (Å²) < 4.78 is 33.0. The van der Waals surface area contributed by atoms with Gasteiger partial charge in [0.25, 0.3) is 0 Å². The maximum Gasteiger partial charge on any atom is 0.233 e. The van der Waals surface area contributed by atoms with E-state index in [1.165, 1.54) is 19.2 Å². The summed E-state index contributed by atoms with van der Waals surface area (Å²) in [6.07, 6.45) is 0.584. The second kappa shape index (κ2) is 7.58. The first-order chi connectivity index (χ1) is 11.2. The summed E-state index contributed by atoms with van der Waals surface area (Å²) in [5.41, 5.74) is 0.148. The molecule has 8 heteroatoms. The molecule has 2 rings (SSSR count). The molecule has 0 atom stereocenters. The number of rotatable bonds is 7. The normalized spacial score (nSPS) is 18.3. The van der Waals surface area contributed by atoms with E-state index in [0.29, 0.717) is 12.2 Å². The van der Waals surface area contributed by atoms with Crippen molar-refractivity contribution in [2.45, 2.75) is 6.42 Å². The molecule has 7 nitrogen and oxygen atoms in total. The third-order valence-corrected chi connectivity index (χ3v) is 5.98. The van der Waals surface area contributed by atoms with Gasteiger partial charge in [-0.3, -0.25) is 9.62 Å². The molecule has 1 aromatic rings. The highest BCUT2D eigenvalue weighted by molar-refractivity contribution is 7.92. The van der Waals surface area contributed by atoms with E-state index in [1.807, 2.05) is 0 Å². The van der Waals surface area contributed by atoms with Crippen molar-refractivity contribution in [2.75, 3.05) is 64.4 Å². The van der Waals surface area contributed by atoms with E-state index in [1.54, 1.807) is 6.07 Å². The number of hydrogen-bond acceptors (Lipinski definition) is 5. The van der Waals surface area contributed by atoms with Gasteiger partial charge >= 0.3 is 0 Å². The summed E-state index contributed by atoms with van der Waals surface area (Å²) in [6, 6.07) is 4.46. The number of likely N-dealkylation sites (N-methyl/N-ethyl adjacent to an activating group) is 2. The average molecular weight is 358 g/mol. The van der Waals surface area contributed by atoms with Gasteiger partial charge in [0.2, 0.25) is 10.0 Å². The van der Waals surface area contributed by atoms with E-state index < -0.39 is 10.0 Å². The molecule has 0 spiro atoms. The molecule has 0 saturated carbocycles. The number of anilines is 1. The summed E-state index contributed by atoms with van der Waals surface area (Å²) in [5.74, 6) is 0.409. The molecule has 1 aliphatic heterocycles.